The average Bonchev–Trinajstić information content (AvgIpc) is 2.67. The number of nitrogens with zero attached hydrogens (tertiary/aromatic N) is 1. The first-order chi connectivity index (χ1) is 8.06. The lowest BCUT2D eigenvalue weighted by atomic mass is 10.1. The highest BCUT2D eigenvalue weighted by atomic mass is 35.5. The largest absolute Gasteiger partial charge is 0.294 e. The fourth-order valence-electron chi connectivity index (χ4n) is 1.43. The molecular formula is C12H9ClFNOS. The Bertz CT molecular complexity index is 567. The van der Waals surface area contributed by atoms with Gasteiger partial charge in [-0.3, -0.25) is 4.79 Å². The summed E-state index contributed by atoms with van der Waals surface area (Å²) in [4.78, 5) is 16.1. The second-order valence-corrected chi connectivity index (χ2v) is 4.96. The molecule has 1 heterocycles. The summed E-state index contributed by atoms with van der Waals surface area (Å²) in [6.45, 7) is 1.86. The van der Waals surface area contributed by atoms with Crippen LogP contribution in [0.5, 0.6) is 0 Å². The number of hydrogen-bond acceptors (Lipinski definition) is 3. The average molecular weight is 270 g/mol. The Balaban J connectivity index is 2.22. The second kappa shape index (κ2) is 4.94. The van der Waals surface area contributed by atoms with Gasteiger partial charge < -0.3 is 0 Å². The fraction of sp³-hybridized carbons (Fsp3) is 0.167. The van der Waals surface area contributed by atoms with Crippen LogP contribution in [0, 0.1) is 12.7 Å². The molecule has 0 atom stereocenters. The van der Waals surface area contributed by atoms with Gasteiger partial charge in [0.15, 0.2) is 5.78 Å². The van der Waals surface area contributed by atoms with E-state index >= 15 is 0 Å². The minimum atomic E-state index is -0.465. The fourth-order valence-corrected chi connectivity index (χ4v) is 2.42. The molecule has 2 nitrogen and oxygen atoms in total. The van der Waals surface area contributed by atoms with Crippen molar-refractivity contribution in [3.63, 3.8) is 0 Å². The number of thiazole rings is 1. The number of carbonyl (C=O) groups is 1. The third-order valence-corrected chi connectivity index (χ3v) is 3.50. The van der Waals surface area contributed by atoms with E-state index in [2.05, 4.69) is 4.98 Å². The van der Waals surface area contributed by atoms with E-state index in [9.17, 15) is 9.18 Å². The first kappa shape index (κ1) is 12.2. The topological polar surface area (TPSA) is 30.0 Å². The van der Waals surface area contributed by atoms with Gasteiger partial charge in [-0.25, -0.2) is 9.37 Å². The molecule has 17 heavy (non-hydrogen) atoms. The van der Waals surface area contributed by atoms with Gasteiger partial charge in [0.25, 0.3) is 0 Å². The van der Waals surface area contributed by atoms with Gasteiger partial charge in [-0.05, 0) is 25.1 Å². The molecule has 0 aliphatic carbocycles. The van der Waals surface area contributed by atoms with Crippen molar-refractivity contribution >= 4 is 28.7 Å². The highest BCUT2D eigenvalue weighted by molar-refractivity contribution is 7.09. The zero-order chi connectivity index (χ0) is 12.4. The van der Waals surface area contributed by atoms with Crippen LogP contribution in [-0.2, 0) is 6.42 Å². The zero-order valence-corrected chi connectivity index (χ0v) is 10.6. The molecule has 0 saturated heterocycles. The molecule has 88 valence electrons. The molecule has 0 radical (unpaired) electrons. The molecule has 1 aromatic carbocycles. The molecule has 0 spiro atoms. The van der Waals surface area contributed by atoms with E-state index in [0.29, 0.717) is 5.01 Å². The SMILES string of the molecule is Cc1csc(CC(=O)c2cc(F)ccc2Cl)n1. The lowest BCUT2D eigenvalue weighted by Gasteiger charge is -2.01. The summed E-state index contributed by atoms with van der Waals surface area (Å²) in [6, 6.07) is 3.77. The van der Waals surface area contributed by atoms with Crippen molar-refractivity contribution in [1.29, 1.82) is 0 Å². The van der Waals surface area contributed by atoms with Crippen LogP contribution in [-0.4, -0.2) is 10.8 Å². The van der Waals surface area contributed by atoms with Gasteiger partial charge in [-0.15, -0.1) is 11.3 Å². The quantitative estimate of drug-likeness (QED) is 0.796. The third-order valence-electron chi connectivity index (χ3n) is 2.21. The van der Waals surface area contributed by atoms with Crippen LogP contribution in [0.2, 0.25) is 5.02 Å². The molecule has 0 N–H and O–H groups in total. The Morgan fingerprint density at radius 1 is 1.53 bits per heavy atom. The van der Waals surface area contributed by atoms with Crippen molar-refractivity contribution in [2.75, 3.05) is 0 Å². The van der Waals surface area contributed by atoms with Gasteiger partial charge in [0, 0.05) is 16.6 Å². The molecule has 0 saturated carbocycles. The molecule has 5 heteroatoms. The van der Waals surface area contributed by atoms with Crippen LogP contribution >= 0.6 is 22.9 Å². The second-order valence-electron chi connectivity index (χ2n) is 3.61. The number of carbonyl (C=O) groups excluding carboxylic acids is 1. The van der Waals surface area contributed by atoms with Gasteiger partial charge in [0.1, 0.15) is 10.8 Å². The maximum atomic E-state index is 13.0. The number of aryl methyl sites for hydroxylation is 1. The van der Waals surface area contributed by atoms with Crippen LogP contribution < -0.4 is 0 Å². The van der Waals surface area contributed by atoms with Crippen LogP contribution in [0.1, 0.15) is 21.1 Å². The Hall–Kier alpha value is -1.26. The Morgan fingerprint density at radius 3 is 2.94 bits per heavy atom. The van der Waals surface area contributed by atoms with E-state index in [0.717, 1.165) is 11.8 Å². The van der Waals surface area contributed by atoms with E-state index in [-0.39, 0.29) is 22.8 Å². The minimum absolute atomic E-state index is 0.154. The molecule has 2 rings (SSSR count). The number of rotatable bonds is 3. The first-order valence-electron chi connectivity index (χ1n) is 4.95. The Morgan fingerprint density at radius 2 is 2.29 bits per heavy atom. The van der Waals surface area contributed by atoms with Crippen molar-refractivity contribution < 1.29 is 9.18 Å². The van der Waals surface area contributed by atoms with Gasteiger partial charge in [-0.1, -0.05) is 11.6 Å². The number of benzene rings is 1. The predicted molar refractivity (Wildman–Crippen MR) is 66.3 cm³/mol. The lowest BCUT2D eigenvalue weighted by Crippen LogP contribution is -2.04. The molecule has 0 aliphatic rings. The van der Waals surface area contributed by atoms with Gasteiger partial charge >= 0.3 is 0 Å². The number of Topliss-reactive ketones (excluding diaryl/α,β-unsaturated/α-hetero) is 1. The number of aromatic nitrogens is 1. The van der Waals surface area contributed by atoms with E-state index < -0.39 is 5.82 Å². The van der Waals surface area contributed by atoms with Gasteiger partial charge in [0.05, 0.1) is 11.4 Å². The molecule has 0 fully saturated rings. The summed E-state index contributed by atoms with van der Waals surface area (Å²) < 4.78 is 13.0. The van der Waals surface area contributed by atoms with Crippen LogP contribution in [0.25, 0.3) is 0 Å². The molecule has 0 unspecified atom stereocenters. The molecular weight excluding hydrogens is 261 g/mol. The zero-order valence-electron chi connectivity index (χ0n) is 9.04. The summed E-state index contributed by atoms with van der Waals surface area (Å²) >= 11 is 7.27. The summed E-state index contributed by atoms with van der Waals surface area (Å²) in [6.07, 6.45) is 0.154. The molecule has 1 aromatic heterocycles. The van der Waals surface area contributed by atoms with Crippen LogP contribution in [0.4, 0.5) is 4.39 Å². The molecule has 2 aromatic rings. The Kier molecular flexibility index (Phi) is 3.54. The maximum absolute atomic E-state index is 13.0. The summed E-state index contributed by atoms with van der Waals surface area (Å²) in [5.74, 6) is -0.683. The summed E-state index contributed by atoms with van der Waals surface area (Å²) in [5.41, 5.74) is 1.09. The summed E-state index contributed by atoms with van der Waals surface area (Å²) in [5, 5.41) is 2.85. The summed E-state index contributed by atoms with van der Waals surface area (Å²) in [7, 11) is 0. The molecule has 0 aliphatic heterocycles. The highest BCUT2D eigenvalue weighted by Gasteiger charge is 2.13. The molecule has 0 amide bonds. The van der Waals surface area contributed by atoms with Crippen molar-refractivity contribution in [2.24, 2.45) is 0 Å². The van der Waals surface area contributed by atoms with E-state index in [1.807, 2.05) is 12.3 Å². The van der Waals surface area contributed by atoms with E-state index in [4.69, 9.17) is 11.6 Å². The normalized spacial score (nSPS) is 10.5. The maximum Gasteiger partial charge on any atom is 0.171 e. The van der Waals surface area contributed by atoms with Crippen LogP contribution in [0.15, 0.2) is 23.6 Å². The van der Waals surface area contributed by atoms with Gasteiger partial charge in [0.2, 0.25) is 0 Å². The van der Waals surface area contributed by atoms with E-state index in [1.54, 1.807) is 0 Å². The van der Waals surface area contributed by atoms with Crippen molar-refractivity contribution in [1.82, 2.24) is 4.98 Å². The highest BCUT2D eigenvalue weighted by Crippen LogP contribution is 2.20. The third kappa shape index (κ3) is 2.90. The van der Waals surface area contributed by atoms with E-state index in [1.165, 1.54) is 23.5 Å². The number of hydrogen-bond donors (Lipinski definition) is 0. The predicted octanol–water partition coefficient (Wildman–Crippen LogP) is 3.67. The van der Waals surface area contributed by atoms with Crippen molar-refractivity contribution in [3.05, 3.63) is 50.7 Å². The Labute approximate surface area is 107 Å². The van der Waals surface area contributed by atoms with Gasteiger partial charge in [-0.2, -0.15) is 0 Å². The smallest absolute Gasteiger partial charge is 0.171 e. The van der Waals surface area contributed by atoms with Crippen molar-refractivity contribution in [3.8, 4) is 0 Å². The standard InChI is InChI=1S/C12H9ClFNOS/c1-7-6-17-12(15-7)5-11(16)9-4-8(14)2-3-10(9)13/h2-4,6H,5H2,1H3. The number of ketones is 1. The lowest BCUT2D eigenvalue weighted by molar-refractivity contribution is 0.0992. The molecule has 0 bridgehead atoms. The van der Waals surface area contributed by atoms with Crippen molar-refractivity contribution in [2.45, 2.75) is 13.3 Å². The van der Waals surface area contributed by atoms with Crippen LogP contribution in [0.3, 0.4) is 0 Å². The monoisotopic (exact) mass is 269 g/mol. The minimum Gasteiger partial charge on any atom is -0.294 e. The number of halogens is 2. The first-order valence-corrected chi connectivity index (χ1v) is 6.21.